The van der Waals surface area contributed by atoms with Gasteiger partial charge in [0.05, 0.1) is 5.97 Å². The smallest absolute Gasteiger partial charge is 0.545 e. The third kappa shape index (κ3) is 2.81. The second kappa shape index (κ2) is 4.87. The Morgan fingerprint density at radius 1 is 1.50 bits per heavy atom. The van der Waals surface area contributed by atoms with Gasteiger partial charge in [-0.2, -0.15) is 0 Å². The normalized spacial score (nSPS) is 17.0. The Labute approximate surface area is 80.5 Å². The van der Waals surface area contributed by atoms with E-state index >= 15 is 0 Å². The van der Waals surface area contributed by atoms with Crippen molar-refractivity contribution >= 4 is 33.3 Å². The van der Waals surface area contributed by atoms with Crippen molar-refractivity contribution in [1.82, 2.24) is 0 Å². The molecule has 0 aliphatic heterocycles. The Morgan fingerprint density at radius 2 is 2.20 bits per heavy atom. The fourth-order valence-electron chi connectivity index (χ4n) is 1.02. The van der Waals surface area contributed by atoms with Gasteiger partial charge in [-0.3, -0.25) is 0 Å². The Balaban J connectivity index is 0.000000810. The Bertz CT molecular complexity index is 152. The van der Waals surface area contributed by atoms with Crippen molar-refractivity contribution in [2.75, 3.05) is 0 Å². The standard InChI is InChI=1S/C7H10O2.Tl/c8-7(9)6-4-2-1-3-5-6;/h4H,1-3,5H2,(H,8,9);/q;+1/p-1. The number of carbonyl (C=O) groups excluding carboxylic acids is 1. The summed E-state index contributed by atoms with van der Waals surface area (Å²) in [6, 6.07) is 0. The first-order valence-corrected chi connectivity index (χ1v) is 3.21. The molecule has 0 atom stereocenters. The van der Waals surface area contributed by atoms with Crippen molar-refractivity contribution in [3.05, 3.63) is 11.6 Å². The quantitative estimate of drug-likeness (QED) is 0.628. The minimum absolute atomic E-state index is 0. The van der Waals surface area contributed by atoms with Gasteiger partial charge in [0.15, 0.2) is 0 Å². The second-order valence-corrected chi connectivity index (χ2v) is 2.26. The van der Waals surface area contributed by atoms with Crippen LogP contribution in [0.3, 0.4) is 0 Å². The molecule has 0 aromatic rings. The van der Waals surface area contributed by atoms with E-state index < -0.39 is 5.97 Å². The number of hydrogen-bond acceptors (Lipinski definition) is 2. The zero-order valence-electron chi connectivity index (χ0n) is 5.80. The Hall–Kier alpha value is 0.132. The van der Waals surface area contributed by atoms with Gasteiger partial charge in [0.25, 0.3) is 0 Å². The minimum atomic E-state index is -0.991. The number of hydrogen-bond donors (Lipinski definition) is 0. The molecule has 0 saturated heterocycles. The van der Waals surface area contributed by atoms with Gasteiger partial charge in [-0.25, -0.2) is 0 Å². The largest absolute Gasteiger partial charge is 1.00 e. The van der Waals surface area contributed by atoms with Crippen LogP contribution in [-0.4, -0.2) is 33.3 Å². The molecule has 3 heteroatoms. The van der Waals surface area contributed by atoms with Crippen LogP contribution in [0.5, 0.6) is 0 Å². The van der Waals surface area contributed by atoms with Crippen LogP contribution < -0.4 is 5.11 Å². The molecule has 1 rings (SSSR count). The molecule has 0 amide bonds. The van der Waals surface area contributed by atoms with Crippen LogP contribution in [0.15, 0.2) is 11.6 Å². The molecule has 0 N–H and O–H groups in total. The molecule has 0 aromatic heterocycles. The Morgan fingerprint density at radius 3 is 2.50 bits per heavy atom. The maximum absolute atomic E-state index is 10.2. The summed E-state index contributed by atoms with van der Waals surface area (Å²) in [6.07, 6.45) is 5.49. The van der Waals surface area contributed by atoms with Gasteiger partial charge in [0, 0.05) is 0 Å². The van der Waals surface area contributed by atoms with Crippen LogP contribution in [0.4, 0.5) is 0 Å². The van der Waals surface area contributed by atoms with Crippen molar-refractivity contribution in [3.8, 4) is 0 Å². The molecule has 0 spiro atoms. The van der Waals surface area contributed by atoms with Crippen LogP contribution in [0.1, 0.15) is 25.7 Å². The zero-order valence-corrected chi connectivity index (χ0v) is 10.3. The van der Waals surface area contributed by atoms with Crippen molar-refractivity contribution in [2.24, 2.45) is 0 Å². The van der Waals surface area contributed by atoms with Gasteiger partial charge in [-0.1, -0.05) is 6.08 Å². The zero-order chi connectivity index (χ0) is 6.69. The molecule has 0 aromatic carbocycles. The number of carbonyl (C=O) groups is 1. The number of rotatable bonds is 1. The van der Waals surface area contributed by atoms with E-state index in [1.807, 2.05) is 0 Å². The van der Waals surface area contributed by atoms with Crippen molar-refractivity contribution in [1.29, 1.82) is 0 Å². The summed E-state index contributed by atoms with van der Waals surface area (Å²) in [7, 11) is 0. The molecule has 0 unspecified atom stereocenters. The van der Waals surface area contributed by atoms with Gasteiger partial charge in [-0.05, 0) is 31.3 Å². The summed E-state index contributed by atoms with van der Waals surface area (Å²) in [6.45, 7) is 0. The van der Waals surface area contributed by atoms with Gasteiger partial charge >= 0.3 is 27.3 Å². The first-order valence-electron chi connectivity index (χ1n) is 3.21. The van der Waals surface area contributed by atoms with Crippen LogP contribution >= 0.6 is 0 Å². The molecular weight excluding hydrogens is 320 g/mol. The molecule has 0 bridgehead atoms. The monoisotopic (exact) mass is 330 g/mol. The van der Waals surface area contributed by atoms with E-state index in [2.05, 4.69) is 0 Å². The SMILES string of the molecule is O=C([O-])C1=CCCCC1.[Tl+]. The molecular formula is C7H9O2Tl. The van der Waals surface area contributed by atoms with Gasteiger partial charge in [-0.15, -0.1) is 0 Å². The molecule has 0 saturated carbocycles. The number of aliphatic carboxylic acids is 1. The maximum atomic E-state index is 10.2. The predicted molar refractivity (Wildman–Crippen MR) is 37.3 cm³/mol. The summed E-state index contributed by atoms with van der Waals surface area (Å²) in [5.41, 5.74) is 0.487. The molecule has 10 heavy (non-hydrogen) atoms. The summed E-state index contributed by atoms with van der Waals surface area (Å²) in [4.78, 5) is 10.2. The average molecular weight is 330 g/mol. The van der Waals surface area contributed by atoms with E-state index in [9.17, 15) is 9.90 Å². The van der Waals surface area contributed by atoms with Crippen LogP contribution in [0, 0.1) is 0 Å². The van der Waals surface area contributed by atoms with Crippen molar-refractivity contribution in [3.63, 3.8) is 0 Å². The molecule has 2 nitrogen and oxygen atoms in total. The molecule has 0 radical (unpaired) electrons. The van der Waals surface area contributed by atoms with E-state index in [-0.39, 0.29) is 27.3 Å². The van der Waals surface area contributed by atoms with Crippen LogP contribution in [-0.2, 0) is 4.79 Å². The number of carboxylic acid groups (broad SMARTS) is 1. The second-order valence-electron chi connectivity index (χ2n) is 2.26. The van der Waals surface area contributed by atoms with Gasteiger partial charge in [0.1, 0.15) is 0 Å². The van der Waals surface area contributed by atoms with E-state index in [4.69, 9.17) is 0 Å². The van der Waals surface area contributed by atoms with Gasteiger partial charge in [0.2, 0.25) is 0 Å². The first-order chi connectivity index (χ1) is 4.30. The average Bonchev–Trinajstić information content (AvgIpc) is 1.90. The molecule has 0 fully saturated rings. The molecule has 0 heterocycles. The molecule has 1 aliphatic carbocycles. The van der Waals surface area contributed by atoms with Gasteiger partial charge < -0.3 is 9.90 Å². The maximum Gasteiger partial charge on any atom is 1.00 e. The predicted octanol–water partition coefficient (Wildman–Crippen LogP) is -0.144. The summed E-state index contributed by atoms with van der Waals surface area (Å²) < 4.78 is 0. The molecule has 52 valence electrons. The Kier molecular flexibility index (Phi) is 4.94. The third-order valence-corrected chi connectivity index (χ3v) is 1.55. The number of carboxylic acids is 1. The summed E-state index contributed by atoms with van der Waals surface area (Å²) >= 11 is 0. The molecule has 1 aliphatic rings. The van der Waals surface area contributed by atoms with E-state index in [0.29, 0.717) is 12.0 Å². The third-order valence-electron chi connectivity index (χ3n) is 1.55. The summed E-state index contributed by atoms with van der Waals surface area (Å²) in [5, 5.41) is 10.2. The fourth-order valence-corrected chi connectivity index (χ4v) is 1.02. The topological polar surface area (TPSA) is 40.1 Å². The first kappa shape index (κ1) is 10.1. The van der Waals surface area contributed by atoms with Crippen LogP contribution in [0.25, 0.3) is 0 Å². The van der Waals surface area contributed by atoms with E-state index in [0.717, 1.165) is 19.3 Å². The van der Waals surface area contributed by atoms with E-state index in [1.54, 1.807) is 6.08 Å². The summed E-state index contributed by atoms with van der Waals surface area (Å²) in [5.74, 6) is -0.991. The number of allylic oxidation sites excluding steroid dienone is 1. The van der Waals surface area contributed by atoms with Crippen molar-refractivity contribution < 1.29 is 9.90 Å². The fraction of sp³-hybridized carbons (Fsp3) is 0.571. The van der Waals surface area contributed by atoms with E-state index in [1.165, 1.54) is 0 Å². The van der Waals surface area contributed by atoms with Crippen LogP contribution in [0.2, 0.25) is 0 Å². The van der Waals surface area contributed by atoms with Crippen molar-refractivity contribution in [2.45, 2.75) is 25.7 Å². The minimum Gasteiger partial charge on any atom is -0.545 e.